The van der Waals surface area contributed by atoms with Gasteiger partial charge in [-0.2, -0.15) is 0 Å². The lowest BCUT2D eigenvalue weighted by Crippen LogP contribution is -2.53. The minimum Gasteiger partial charge on any atom is -0.351 e. The van der Waals surface area contributed by atoms with Crippen LogP contribution in [0, 0.1) is 23.2 Å². The molecule has 4 heteroatoms. The molecule has 1 aromatic carbocycles. The van der Waals surface area contributed by atoms with E-state index in [0.29, 0.717) is 17.9 Å². The average Bonchev–Trinajstić information content (AvgIpc) is 3.09. The van der Waals surface area contributed by atoms with Gasteiger partial charge in [0.05, 0.1) is 5.92 Å². The summed E-state index contributed by atoms with van der Waals surface area (Å²) in [6.07, 6.45) is 12.9. The molecule has 1 spiro atoms. The normalized spacial score (nSPS) is 34.9. The number of allylic oxidation sites excluding steroid dienone is 5. The number of rotatable bonds is 2. The van der Waals surface area contributed by atoms with Crippen molar-refractivity contribution in [2.75, 3.05) is 0 Å². The van der Waals surface area contributed by atoms with Gasteiger partial charge in [0.15, 0.2) is 11.6 Å². The van der Waals surface area contributed by atoms with Crippen LogP contribution in [0.25, 0.3) is 0 Å². The molecule has 2 aliphatic carbocycles. The average molecular weight is 446 g/mol. The van der Waals surface area contributed by atoms with Crippen molar-refractivity contribution in [3.05, 3.63) is 71.3 Å². The van der Waals surface area contributed by atoms with E-state index >= 15 is 0 Å². The number of hydrogen-bond donors (Lipinski definition) is 1. The SMILES string of the molecule is CC1=C(C)[C@H]2[C@H](Cc3ccccc3)NC(=O)[C@]23C(=O)/C=C/CCCC[C@@H](C)C/C=C/C3C1=O. The van der Waals surface area contributed by atoms with Crippen LogP contribution in [0.1, 0.15) is 58.4 Å². The molecule has 1 heterocycles. The Morgan fingerprint density at radius 3 is 2.55 bits per heavy atom. The summed E-state index contributed by atoms with van der Waals surface area (Å²) in [6, 6.07) is 9.80. The van der Waals surface area contributed by atoms with Gasteiger partial charge in [0.1, 0.15) is 5.41 Å². The fourth-order valence-electron chi connectivity index (χ4n) is 6.02. The topological polar surface area (TPSA) is 63.2 Å². The Balaban J connectivity index is 1.84. The monoisotopic (exact) mass is 445 g/mol. The lowest BCUT2D eigenvalue weighted by Gasteiger charge is -2.42. The molecular formula is C29H35NO3. The first kappa shape index (κ1) is 23.4. The quantitative estimate of drug-likeness (QED) is 0.506. The van der Waals surface area contributed by atoms with E-state index in [1.807, 2.05) is 62.4 Å². The molecule has 174 valence electrons. The van der Waals surface area contributed by atoms with E-state index in [1.54, 1.807) is 6.08 Å². The molecule has 33 heavy (non-hydrogen) atoms. The Kier molecular flexibility index (Phi) is 6.83. The molecule has 0 bridgehead atoms. The van der Waals surface area contributed by atoms with E-state index < -0.39 is 11.3 Å². The predicted octanol–water partition coefficient (Wildman–Crippen LogP) is 5.15. The number of nitrogens with one attached hydrogen (secondary N) is 1. The molecule has 1 aliphatic heterocycles. The van der Waals surface area contributed by atoms with E-state index in [2.05, 4.69) is 12.2 Å². The lowest BCUT2D eigenvalue weighted by atomic mass is 9.55. The van der Waals surface area contributed by atoms with E-state index in [1.165, 1.54) is 0 Å². The molecule has 4 rings (SSSR count). The van der Waals surface area contributed by atoms with Crippen molar-refractivity contribution in [3.63, 3.8) is 0 Å². The molecule has 1 N–H and O–H groups in total. The van der Waals surface area contributed by atoms with Gasteiger partial charge in [-0.25, -0.2) is 0 Å². The summed E-state index contributed by atoms with van der Waals surface area (Å²) in [7, 11) is 0. The molecule has 3 aliphatic rings. The second-order valence-corrected chi connectivity index (χ2v) is 10.1. The number of carbonyl (C=O) groups excluding carboxylic acids is 3. The van der Waals surface area contributed by atoms with Crippen LogP contribution in [-0.4, -0.2) is 23.5 Å². The van der Waals surface area contributed by atoms with Crippen molar-refractivity contribution in [2.24, 2.45) is 23.2 Å². The zero-order valence-corrected chi connectivity index (χ0v) is 20.0. The predicted molar refractivity (Wildman–Crippen MR) is 130 cm³/mol. The number of Topliss-reactive ketones (excluding diaryl/α,β-unsaturated/α-hetero) is 1. The fraction of sp³-hybridized carbons (Fsp3) is 0.483. The highest BCUT2D eigenvalue weighted by atomic mass is 16.2. The second kappa shape index (κ2) is 9.62. The van der Waals surface area contributed by atoms with Crippen LogP contribution in [0.2, 0.25) is 0 Å². The van der Waals surface area contributed by atoms with Crippen molar-refractivity contribution in [1.82, 2.24) is 5.32 Å². The number of hydrogen-bond acceptors (Lipinski definition) is 3. The smallest absolute Gasteiger partial charge is 0.236 e. The molecule has 0 radical (unpaired) electrons. The van der Waals surface area contributed by atoms with Gasteiger partial charge in [-0.15, -0.1) is 0 Å². The number of benzene rings is 1. The zero-order valence-electron chi connectivity index (χ0n) is 20.0. The Morgan fingerprint density at radius 1 is 1.03 bits per heavy atom. The van der Waals surface area contributed by atoms with E-state index in [0.717, 1.165) is 43.2 Å². The number of carbonyl (C=O) groups is 3. The number of ketones is 2. The minimum absolute atomic E-state index is 0.0974. The van der Waals surface area contributed by atoms with Crippen molar-refractivity contribution in [2.45, 2.75) is 65.3 Å². The van der Waals surface area contributed by atoms with Gasteiger partial charge in [0.25, 0.3) is 0 Å². The first-order valence-corrected chi connectivity index (χ1v) is 12.3. The van der Waals surface area contributed by atoms with E-state index in [4.69, 9.17) is 0 Å². The van der Waals surface area contributed by atoms with Crippen LogP contribution in [0.4, 0.5) is 0 Å². The van der Waals surface area contributed by atoms with Gasteiger partial charge in [0, 0.05) is 12.0 Å². The van der Waals surface area contributed by atoms with Gasteiger partial charge in [-0.1, -0.05) is 73.9 Å². The Labute approximate surface area is 197 Å². The fourth-order valence-corrected chi connectivity index (χ4v) is 6.02. The van der Waals surface area contributed by atoms with Crippen LogP contribution in [-0.2, 0) is 20.8 Å². The molecule has 5 atom stereocenters. The third kappa shape index (κ3) is 4.16. The van der Waals surface area contributed by atoms with Crippen molar-refractivity contribution < 1.29 is 14.4 Å². The Morgan fingerprint density at radius 2 is 1.79 bits per heavy atom. The van der Waals surface area contributed by atoms with Crippen molar-refractivity contribution in [1.29, 1.82) is 0 Å². The van der Waals surface area contributed by atoms with Crippen LogP contribution in [0.15, 0.2) is 65.8 Å². The van der Waals surface area contributed by atoms with E-state index in [9.17, 15) is 14.4 Å². The third-order valence-corrected chi connectivity index (χ3v) is 7.95. The minimum atomic E-state index is -1.41. The van der Waals surface area contributed by atoms with Gasteiger partial charge in [-0.05, 0) is 62.7 Å². The summed E-state index contributed by atoms with van der Waals surface area (Å²) in [6.45, 7) is 6.00. The molecule has 1 aromatic rings. The van der Waals surface area contributed by atoms with Gasteiger partial charge in [0.2, 0.25) is 5.91 Å². The third-order valence-electron chi connectivity index (χ3n) is 7.95. The molecule has 0 saturated carbocycles. The largest absolute Gasteiger partial charge is 0.351 e. The Bertz CT molecular complexity index is 1020. The van der Waals surface area contributed by atoms with Crippen LogP contribution < -0.4 is 5.32 Å². The van der Waals surface area contributed by atoms with Crippen LogP contribution in [0.3, 0.4) is 0 Å². The molecular weight excluding hydrogens is 410 g/mol. The Hall–Kier alpha value is -2.75. The van der Waals surface area contributed by atoms with Crippen LogP contribution in [0.5, 0.6) is 0 Å². The van der Waals surface area contributed by atoms with Crippen molar-refractivity contribution >= 4 is 17.5 Å². The highest BCUT2D eigenvalue weighted by Gasteiger charge is 2.66. The summed E-state index contributed by atoms with van der Waals surface area (Å²) in [5.41, 5.74) is 1.25. The molecule has 1 saturated heterocycles. The summed E-state index contributed by atoms with van der Waals surface area (Å²) in [4.78, 5) is 41.2. The van der Waals surface area contributed by atoms with Crippen molar-refractivity contribution in [3.8, 4) is 0 Å². The molecule has 1 fully saturated rings. The maximum Gasteiger partial charge on any atom is 0.236 e. The summed E-state index contributed by atoms with van der Waals surface area (Å²) in [5, 5.41) is 3.16. The summed E-state index contributed by atoms with van der Waals surface area (Å²) < 4.78 is 0. The van der Waals surface area contributed by atoms with Gasteiger partial charge < -0.3 is 5.32 Å². The van der Waals surface area contributed by atoms with Gasteiger partial charge in [-0.3, -0.25) is 14.4 Å². The maximum absolute atomic E-state index is 13.9. The highest BCUT2D eigenvalue weighted by Crippen LogP contribution is 2.53. The zero-order chi connectivity index (χ0) is 23.6. The summed E-state index contributed by atoms with van der Waals surface area (Å²) >= 11 is 0. The molecule has 1 amide bonds. The van der Waals surface area contributed by atoms with E-state index in [-0.39, 0.29) is 29.4 Å². The highest BCUT2D eigenvalue weighted by molar-refractivity contribution is 6.19. The number of amides is 1. The molecule has 4 nitrogen and oxygen atoms in total. The molecule has 1 unspecified atom stereocenters. The first-order valence-electron chi connectivity index (χ1n) is 12.3. The maximum atomic E-state index is 13.9. The van der Waals surface area contributed by atoms with Gasteiger partial charge >= 0.3 is 0 Å². The summed E-state index contributed by atoms with van der Waals surface area (Å²) in [5.74, 6) is -1.24. The second-order valence-electron chi connectivity index (χ2n) is 10.1. The standard InChI is InChI=1S/C29H35NO3/c1-19-12-7-4-5-10-17-25(31)29-23(16-11-13-19)27(32)21(3)20(2)26(29)24(30-28(29)33)18-22-14-8-6-9-15-22/h6,8-11,14-17,19,23-24,26H,4-5,7,12-13,18H2,1-3H3,(H,30,33)/b16-11+,17-10+/t19-,23?,24+,26+,29-/m1/s1. The first-order chi connectivity index (χ1) is 15.9. The lowest BCUT2D eigenvalue weighted by molar-refractivity contribution is -0.146. The van der Waals surface area contributed by atoms with Crippen LogP contribution >= 0.6 is 0 Å². The molecule has 0 aromatic heterocycles.